The van der Waals surface area contributed by atoms with E-state index < -0.39 is 0 Å². The van der Waals surface area contributed by atoms with Crippen LogP contribution in [0, 0.1) is 5.41 Å². The van der Waals surface area contributed by atoms with Crippen LogP contribution in [0.1, 0.15) is 13.8 Å². The molecule has 1 fully saturated rings. The van der Waals surface area contributed by atoms with E-state index >= 15 is 0 Å². The quantitative estimate of drug-likeness (QED) is 0.616. The molecule has 0 bridgehead atoms. The molecule has 0 heterocycles. The summed E-state index contributed by atoms with van der Waals surface area (Å²) in [5, 5.41) is 3.35. The Bertz CT molecular complexity index is 154. The maximum atomic E-state index is 5.29. The standard InChI is InChI=1S/C9H17NO/c1-5-6-10-7-8(11-4)9(7,2)3/h5,7-8,10H,1,6H2,2-4H3/t7-,8-/m0/s1. The number of hydrogen-bond donors (Lipinski definition) is 1. The van der Waals surface area contributed by atoms with Gasteiger partial charge in [-0.15, -0.1) is 6.58 Å². The fourth-order valence-electron chi connectivity index (χ4n) is 1.61. The van der Waals surface area contributed by atoms with Gasteiger partial charge in [-0.05, 0) is 0 Å². The van der Waals surface area contributed by atoms with E-state index in [2.05, 4.69) is 25.7 Å². The lowest BCUT2D eigenvalue weighted by molar-refractivity contribution is 0.150. The van der Waals surface area contributed by atoms with E-state index in [0.717, 1.165) is 6.54 Å². The van der Waals surface area contributed by atoms with Crippen LogP contribution in [0.15, 0.2) is 12.7 Å². The Morgan fingerprint density at radius 2 is 2.27 bits per heavy atom. The summed E-state index contributed by atoms with van der Waals surface area (Å²) in [7, 11) is 1.77. The van der Waals surface area contributed by atoms with E-state index in [1.807, 2.05) is 6.08 Å². The number of ether oxygens (including phenoxy) is 1. The molecule has 1 N–H and O–H groups in total. The van der Waals surface area contributed by atoms with Crippen molar-refractivity contribution in [2.24, 2.45) is 5.41 Å². The Labute approximate surface area is 68.6 Å². The molecular formula is C9H17NO. The van der Waals surface area contributed by atoms with E-state index in [1.54, 1.807) is 7.11 Å². The summed E-state index contributed by atoms with van der Waals surface area (Å²) in [6, 6.07) is 0.505. The Morgan fingerprint density at radius 3 is 2.64 bits per heavy atom. The number of hydrogen-bond acceptors (Lipinski definition) is 2. The maximum absolute atomic E-state index is 5.29. The molecule has 2 heteroatoms. The molecule has 0 saturated heterocycles. The van der Waals surface area contributed by atoms with Gasteiger partial charge in [-0.1, -0.05) is 19.9 Å². The first-order chi connectivity index (χ1) is 5.14. The van der Waals surface area contributed by atoms with Crippen LogP contribution < -0.4 is 5.32 Å². The molecule has 0 aromatic heterocycles. The monoisotopic (exact) mass is 155 g/mol. The molecule has 2 atom stereocenters. The summed E-state index contributed by atoms with van der Waals surface area (Å²) in [5.41, 5.74) is 0.303. The maximum Gasteiger partial charge on any atom is 0.0797 e. The first kappa shape index (κ1) is 8.75. The smallest absolute Gasteiger partial charge is 0.0797 e. The molecule has 0 aromatic carbocycles. The summed E-state index contributed by atoms with van der Waals surface area (Å²) < 4.78 is 5.29. The van der Waals surface area contributed by atoms with Gasteiger partial charge in [-0.25, -0.2) is 0 Å². The zero-order valence-corrected chi connectivity index (χ0v) is 7.55. The molecule has 1 aliphatic rings. The minimum Gasteiger partial charge on any atom is -0.379 e. The van der Waals surface area contributed by atoms with Gasteiger partial charge < -0.3 is 10.1 Å². The van der Waals surface area contributed by atoms with Gasteiger partial charge in [-0.3, -0.25) is 0 Å². The third-order valence-corrected chi connectivity index (χ3v) is 2.46. The van der Waals surface area contributed by atoms with Crippen molar-refractivity contribution in [2.45, 2.75) is 26.0 Å². The fourth-order valence-corrected chi connectivity index (χ4v) is 1.61. The summed E-state index contributed by atoms with van der Waals surface area (Å²) in [6.45, 7) is 8.95. The molecule has 0 aromatic rings. The predicted molar refractivity (Wildman–Crippen MR) is 46.6 cm³/mol. The topological polar surface area (TPSA) is 21.3 Å². The van der Waals surface area contributed by atoms with Crippen LogP contribution in [0.25, 0.3) is 0 Å². The van der Waals surface area contributed by atoms with Crippen LogP contribution in [0.5, 0.6) is 0 Å². The van der Waals surface area contributed by atoms with Crippen molar-refractivity contribution in [3.05, 3.63) is 12.7 Å². The molecule has 1 rings (SSSR count). The van der Waals surface area contributed by atoms with Crippen molar-refractivity contribution in [1.29, 1.82) is 0 Å². The highest BCUT2D eigenvalue weighted by Gasteiger charge is 2.58. The molecule has 0 aliphatic heterocycles. The average Bonchev–Trinajstić information content (AvgIpc) is 2.48. The molecule has 1 saturated carbocycles. The first-order valence-corrected chi connectivity index (χ1v) is 4.01. The minimum absolute atomic E-state index is 0.303. The Morgan fingerprint density at radius 1 is 1.64 bits per heavy atom. The van der Waals surface area contributed by atoms with E-state index in [1.165, 1.54) is 0 Å². The first-order valence-electron chi connectivity index (χ1n) is 4.01. The molecule has 11 heavy (non-hydrogen) atoms. The lowest BCUT2D eigenvalue weighted by Crippen LogP contribution is -2.21. The molecular weight excluding hydrogens is 138 g/mol. The van der Waals surface area contributed by atoms with Gasteiger partial charge in [0.15, 0.2) is 0 Å². The lowest BCUT2D eigenvalue weighted by Gasteiger charge is -2.00. The second-order valence-electron chi connectivity index (χ2n) is 3.65. The number of rotatable bonds is 4. The Hall–Kier alpha value is -0.340. The number of methoxy groups -OCH3 is 1. The molecule has 0 radical (unpaired) electrons. The van der Waals surface area contributed by atoms with E-state index in [4.69, 9.17) is 4.74 Å². The van der Waals surface area contributed by atoms with Crippen molar-refractivity contribution in [3.63, 3.8) is 0 Å². The fraction of sp³-hybridized carbons (Fsp3) is 0.778. The van der Waals surface area contributed by atoms with Crippen molar-refractivity contribution < 1.29 is 4.74 Å². The summed E-state index contributed by atoms with van der Waals surface area (Å²) >= 11 is 0. The van der Waals surface area contributed by atoms with Gasteiger partial charge in [0.1, 0.15) is 0 Å². The van der Waals surface area contributed by atoms with Crippen LogP contribution >= 0.6 is 0 Å². The van der Waals surface area contributed by atoms with E-state index in [9.17, 15) is 0 Å². The van der Waals surface area contributed by atoms with Gasteiger partial charge in [-0.2, -0.15) is 0 Å². The summed E-state index contributed by atoms with van der Waals surface area (Å²) in [5.74, 6) is 0. The van der Waals surface area contributed by atoms with Gasteiger partial charge >= 0.3 is 0 Å². The third-order valence-electron chi connectivity index (χ3n) is 2.46. The van der Waals surface area contributed by atoms with Crippen LogP contribution in [-0.4, -0.2) is 25.8 Å². The van der Waals surface area contributed by atoms with Crippen molar-refractivity contribution in [1.82, 2.24) is 5.32 Å². The highest BCUT2D eigenvalue weighted by molar-refractivity contribution is 5.13. The second-order valence-corrected chi connectivity index (χ2v) is 3.65. The largest absolute Gasteiger partial charge is 0.379 e. The van der Waals surface area contributed by atoms with E-state index in [0.29, 0.717) is 17.6 Å². The zero-order chi connectivity index (χ0) is 8.48. The lowest BCUT2D eigenvalue weighted by atomic mass is 10.2. The van der Waals surface area contributed by atoms with Crippen LogP contribution in [-0.2, 0) is 4.74 Å². The van der Waals surface area contributed by atoms with E-state index in [-0.39, 0.29) is 0 Å². The second kappa shape index (κ2) is 2.95. The van der Waals surface area contributed by atoms with Gasteiger partial charge in [0.25, 0.3) is 0 Å². The molecule has 1 aliphatic carbocycles. The van der Waals surface area contributed by atoms with Crippen molar-refractivity contribution in [2.75, 3.05) is 13.7 Å². The SMILES string of the molecule is C=CCN[C@H]1[C@H](OC)C1(C)C. The van der Waals surface area contributed by atoms with Crippen LogP contribution in [0.3, 0.4) is 0 Å². The Balaban J connectivity index is 2.33. The molecule has 64 valence electrons. The van der Waals surface area contributed by atoms with Crippen LogP contribution in [0.2, 0.25) is 0 Å². The summed E-state index contributed by atoms with van der Waals surface area (Å²) in [6.07, 6.45) is 2.25. The molecule has 0 unspecified atom stereocenters. The van der Waals surface area contributed by atoms with Gasteiger partial charge in [0, 0.05) is 25.1 Å². The van der Waals surface area contributed by atoms with Crippen LogP contribution in [0.4, 0.5) is 0 Å². The third kappa shape index (κ3) is 1.47. The highest BCUT2D eigenvalue weighted by Crippen LogP contribution is 2.47. The van der Waals surface area contributed by atoms with Crippen molar-refractivity contribution >= 4 is 0 Å². The summed E-state index contributed by atoms with van der Waals surface area (Å²) in [4.78, 5) is 0. The molecule has 0 amide bonds. The predicted octanol–water partition coefficient (Wildman–Crippen LogP) is 1.19. The average molecular weight is 155 g/mol. The Kier molecular flexibility index (Phi) is 2.35. The van der Waals surface area contributed by atoms with Gasteiger partial charge in [0.05, 0.1) is 6.10 Å². The minimum atomic E-state index is 0.303. The highest BCUT2D eigenvalue weighted by atomic mass is 16.5. The molecule has 0 spiro atoms. The van der Waals surface area contributed by atoms with Crippen molar-refractivity contribution in [3.8, 4) is 0 Å². The number of nitrogens with one attached hydrogen (secondary N) is 1. The van der Waals surface area contributed by atoms with Gasteiger partial charge in [0.2, 0.25) is 0 Å². The molecule has 2 nitrogen and oxygen atoms in total. The normalized spacial score (nSPS) is 33.4. The zero-order valence-electron chi connectivity index (χ0n) is 7.55.